The number of aliphatic hydroxyl groups is 1. The Balaban J connectivity index is 0. The number of hydrogen-bond donors (Lipinski definition) is 1. The van der Waals surface area contributed by atoms with Gasteiger partial charge in [0.1, 0.15) is 0 Å². The van der Waals surface area contributed by atoms with Crippen LogP contribution in [0.2, 0.25) is 0 Å². The van der Waals surface area contributed by atoms with Crippen LogP contribution >= 0.6 is 0 Å². The number of unbranched alkanes of at least 4 members (excludes halogenated alkanes) is 1. The van der Waals surface area contributed by atoms with Crippen LogP contribution in [-0.2, 0) is 21.7 Å². The van der Waals surface area contributed by atoms with Gasteiger partial charge in [-0.1, -0.05) is 13.3 Å². The molecule has 0 aliphatic heterocycles. The largest absolute Gasteiger partial charge is 0.396 e. The molecule has 0 aromatic rings. The first-order valence-electron chi connectivity index (χ1n) is 2.02. The average Bonchev–Trinajstić information content (AvgIpc) is 1.41. The predicted octanol–water partition coefficient (Wildman–Crippen LogP) is 0.776. The second-order valence-electron chi connectivity index (χ2n) is 1.08. The molecule has 0 saturated heterocycles. The van der Waals surface area contributed by atoms with Crippen LogP contribution in [0, 0.1) is 0 Å². The van der Waals surface area contributed by atoms with Crippen molar-refractivity contribution in [2.24, 2.45) is 0 Å². The molecule has 0 unspecified atom stereocenters. The van der Waals surface area contributed by atoms with Crippen LogP contribution in [0.5, 0.6) is 0 Å². The van der Waals surface area contributed by atoms with Crippen LogP contribution < -0.4 is 0 Å². The predicted molar refractivity (Wildman–Crippen MR) is 22.0 cm³/mol. The summed E-state index contributed by atoms with van der Waals surface area (Å²) in [7, 11) is 0. The van der Waals surface area contributed by atoms with E-state index in [1.165, 1.54) is 0 Å². The van der Waals surface area contributed by atoms with Gasteiger partial charge in [0.05, 0.1) is 0 Å². The smallest absolute Gasteiger partial charge is 0.0430 e. The number of aliphatic hydroxyl groups excluding tert-OH is 1. The van der Waals surface area contributed by atoms with Crippen molar-refractivity contribution < 1.29 is 26.8 Å². The molecule has 0 atom stereocenters. The molecule has 36 valence electrons. The van der Waals surface area contributed by atoms with E-state index < -0.39 is 0 Å². The third-order valence-electron chi connectivity index (χ3n) is 0.512. The van der Waals surface area contributed by atoms with Gasteiger partial charge in [-0.05, 0) is 6.42 Å². The van der Waals surface area contributed by atoms with E-state index in [4.69, 9.17) is 5.11 Å². The molecule has 0 heterocycles. The fraction of sp³-hybridized carbons (Fsp3) is 1.00. The molecule has 0 amide bonds. The van der Waals surface area contributed by atoms with Crippen LogP contribution in [0.3, 0.4) is 0 Å². The summed E-state index contributed by atoms with van der Waals surface area (Å²) in [4.78, 5) is 0. The minimum Gasteiger partial charge on any atom is -0.396 e. The molecule has 0 spiro atoms. The second-order valence-corrected chi connectivity index (χ2v) is 1.08. The maximum absolute atomic E-state index is 8.07. The Morgan fingerprint density at radius 3 is 2.00 bits per heavy atom. The summed E-state index contributed by atoms with van der Waals surface area (Å²) in [5.74, 6) is 0. The van der Waals surface area contributed by atoms with Crippen LogP contribution in [0.15, 0.2) is 0 Å². The fourth-order valence-corrected chi connectivity index (χ4v) is 0.158. The molecule has 0 bridgehead atoms. The van der Waals surface area contributed by atoms with Crippen molar-refractivity contribution in [3.8, 4) is 0 Å². The van der Waals surface area contributed by atoms with Gasteiger partial charge in [-0.3, -0.25) is 0 Å². The van der Waals surface area contributed by atoms with E-state index >= 15 is 0 Å². The fourth-order valence-electron chi connectivity index (χ4n) is 0.158. The van der Waals surface area contributed by atoms with Crippen LogP contribution in [0.1, 0.15) is 19.8 Å². The van der Waals surface area contributed by atoms with Crippen molar-refractivity contribution in [2.75, 3.05) is 6.61 Å². The third kappa shape index (κ3) is 8.82. The molecule has 6 heavy (non-hydrogen) atoms. The molecular formula is C4H10OTi. The summed E-state index contributed by atoms with van der Waals surface area (Å²) in [6, 6.07) is 0. The van der Waals surface area contributed by atoms with Gasteiger partial charge in [0.25, 0.3) is 0 Å². The van der Waals surface area contributed by atoms with Gasteiger partial charge in [-0.25, -0.2) is 0 Å². The zero-order chi connectivity index (χ0) is 4.12. The van der Waals surface area contributed by atoms with Crippen molar-refractivity contribution in [1.82, 2.24) is 0 Å². The second kappa shape index (κ2) is 9.18. The van der Waals surface area contributed by atoms with Crippen molar-refractivity contribution in [3.05, 3.63) is 0 Å². The Morgan fingerprint density at radius 1 is 1.50 bits per heavy atom. The van der Waals surface area contributed by atoms with Crippen LogP contribution in [-0.4, -0.2) is 11.7 Å². The standard InChI is InChI=1S/C4H10O.Ti/c1-2-3-4-5;/h5H,2-4H2,1H3;. The first kappa shape index (κ1) is 9.84. The van der Waals surface area contributed by atoms with Crippen molar-refractivity contribution in [3.63, 3.8) is 0 Å². The first-order chi connectivity index (χ1) is 2.41. The van der Waals surface area contributed by atoms with Crippen molar-refractivity contribution in [2.45, 2.75) is 19.8 Å². The summed E-state index contributed by atoms with van der Waals surface area (Å²) < 4.78 is 0. The molecular weight excluding hydrogens is 112 g/mol. The summed E-state index contributed by atoms with van der Waals surface area (Å²) in [5, 5.41) is 8.07. The van der Waals surface area contributed by atoms with Gasteiger partial charge in [0.15, 0.2) is 0 Å². The van der Waals surface area contributed by atoms with E-state index in [0.717, 1.165) is 12.8 Å². The van der Waals surface area contributed by atoms with Gasteiger partial charge in [-0.15, -0.1) is 0 Å². The molecule has 0 aromatic carbocycles. The zero-order valence-electron chi connectivity index (χ0n) is 4.07. The molecule has 1 nitrogen and oxygen atoms in total. The first-order valence-corrected chi connectivity index (χ1v) is 2.02. The maximum Gasteiger partial charge on any atom is 0.0430 e. The summed E-state index contributed by atoms with van der Waals surface area (Å²) >= 11 is 0. The molecule has 0 aromatic heterocycles. The Labute approximate surface area is 53.6 Å². The summed E-state index contributed by atoms with van der Waals surface area (Å²) in [6.45, 7) is 2.40. The molecule has 0 rings (SSSR count). The quantitative estimate of drug-likeness (QED) is 0.536. The van der Waals surface area contributed by atoms with E-state index in [-0.39, 0.29) is 21.7 Å². The third-order valence-corrected chi connectivity index (χ3v) is 0.512. The van der Waals surface area contributed by atoms with E-state index in [1.807, 2.05) is 0 Å². The monoisotopic (exact) mass is 122 g/mol. The van der Waals surface area contributed by atoms with Gasteiger partial charge in [0, 0.05) is 28.3 Å². The molecule has 0 fully saturated rings. The topological polar surface area (TPSA) is 20.2 Å². The molecule has 0 radical (unpaired) electrons. The molecule has 2 heteroatoms. The van der Waals surface area contributed by atoms with E-state index in [9.17, 15) is 0 Å². The molecule has 0 aliphatic carbocycles. The Kier molecular flexibility index (Phi) is 15.1. The van der Waals surface area contributed by atoms with Gasteiger partial charge < -0.3 is 5.11 Å². The molecule has 0 aliphatic rings. The van der Waals surface area contributed by atoms with Gasteiger partial charge in [0.2, 0.25) is 0 Å². The van der Waals surface area contributed by atoms with Gasteiger partial charge >= 0.3 is 0 Å². The maximum atomic E-state index is 8.07. The minimum absolute atomic E-state index is 0. The average molecular weight is 122 g/mol. The summed E-state index contributed by atoms with van der Waals surface area (Å²) in [5.41, 5.74) is 0. The Bertz CT molecular complexity index is 15.0. The van der Waals surface area contributed by atoms with E-state index in [0.29, 0.717) is 6.61 Å². The summed E-state index contributed by atoms with van der Waals surface area (Å²) in [6.07, 6.45) is 2.04. The van der Waals surface area contributed by atoms with Gasteiger partial charge in [-0.2, -0.15) is 0 Å². The van der Waals surface area contributed by atoms with Crippen molar-refractivity contribution >= 4 is 0 Å². The number of rotatable bonds is 2. The van der Waals surface area contributed by atoms with Crippen LogP contribution in [0.25, 0.3) is 0 Å². The van der Waals surface area contributed by atoms with E-state index in [2.05, 4.69) is 6.92 Å². The Morgan fingerprint density at radius 2 is 2.00 bits per heavy atom. The zero-order valence-corrected chi connectivity index (χ0v) is 5.63. The minimum atomic E-state index is 0. The molecule has 0 saturated carbocycles. The van der Waals surface area contributed by atoms with Crippen LogP contribution in [0.4, 0.5) is 0 Å². The van der Waals surface area contributed by atoms with E-state index in [1.54, 1.807) is 0 Å². The SMILES string of the molecule is CCCCO.[Ti]. The molecule has 1 N–H and O–H groups in total. The number of hydrogen-bond acceptors (Lipinski definition) is 1. The Hall–Kier alpha value is 0.674. The van der Waals surface area contributed by atoms with Crippen molar-refractivity contribution in [1.29, 1.82) is 0 Å². The normalized spacial score (nSPS) is 7.00.